The Morgan fingerprint density at radius 2 is 1.95 bits per heavy atom. The van der Waals surface area contributed by atoms with Crippen LogP contribution in [0.1, 0.15) is 19.8 Å². The number of hydrogen-bond donors (Lipinski definition) is 0. The van der Waals surface area contributed by atoms with Gasteiger partial charge in [-0.15, -0.1) is 11.8 Å². The van der Waals surface area contributed by atoms with Crippen LogP contribution in [-0.2, 0) is 4.79 Å². The molecule has 1 amide bonds. The highest BCUT2D eigenvalue weighted by molar-refractivity contribution is 8.00. The summed E-state index contributed by atoms with van der Waals surface area (Å²) in [5, 5.41) is 10.5. The van der Waals surface area contributed by atoms with E-state index in [1.54, 1.807) is 12.1 Å². The van der Waals surface area contributed by atoms with E-state index in [0.29, 0.717) is 11.7 Å². The van der Waals surface area contributed by atoms with Crippen LogP contribution in [0.25, 0.3) is 0 Å². The van der Waals surface area contributed by atoms with E-state index in [0.717, 1.165) is 30.8 Å². The highest BCUT2D eigenvalue weighted by Gasteiger charge is 2.20. The lowest BCUT2D eigenvalue weighted by atomic mass is 9.99. The van der Waals surface area contributed by atoms with Gasteiger partial charge in [-0.3, -0.25) is 14.9 Å². The van der Waals surface area contributed by atoms with Crippen LogP contribution in [0.5, 0.6) is 0 Å². The van der Waals surface area contributed by atoms with Gasteiger partial charge < -0.3 is 4.90 Å². The molecule has 2 rings (SSSR count). The average Bonchev–Trinajstić information content (AvgIpc) is 2.46. The summed E-state index contributed by atoms with van der Waals surface area (Å²) in [5.41, 5.74) is 0.0747. The van der Waals surface area contributed by atoms with Gasteiger partial charge in [-0.25, -0.2) is 0 Å². The van der Waals surface area contributed by atoms with Crippen molar-refractivity contribution in [3.05, 3.63) is 34.4 Å². The number of nitro groups is 1. The van der Waals surface area contributed by atoms with Crippen molar-refractivity contribution in [1.82, 2.24) is 4.90 Å². The molecule has 0 unspecified atom stereocenters. The van der Waals surface area contributed by atoms with Gasteiger partial charge in [0.25, 0.3) is 5.69 Å². The van der Waals surface area contributed by atoms with E-state index in [4.69, 9.17) is 0 Å². The first-order chi connectivity index (χ1) is 9.56. The molecule has 1 aliphatic heterocycles. The van der Waals surface area contributed by atoms with Gasteiger partial charge in [0.05, 0.1) is 10.7 Å². The topological polar surface area (TPSA) is 63.5 Å². The maximum atomic E-state index is 12.1. The van der Waals surface area contributed by atoms with Gasteiger partial charge in [-0.05, 0) is 30.9 Å². The van der Waals surface area contributed by atoms with Gasteiger partial charge in [0.2, 0.25) is 5.91 Å². The molecule has 108 valence electrons. The highest BCUT2D eigenvalue weighted by Crippen LogP contribution is 2.23. The second-order valence-corrected chi connectivity index (χ2v) is 6.15. The number of carbonyl (C=O) groups is 1. The van der Waals surface area contributed by atoms with Crippen LogP contribution >= 0.6 is 11.8 Å². The third kappa shape index (κ3) is 3.96. The van der Waals surface area contributed by atoms with Gasteiger partial charge >= 0.3 is 0 Å². The molecule has 0 saturated carbocycles. The lowest BCUT2D eigenvalue weighted by Crippen LogP contribution is -2.38. The fourth-order valence-corrected chi connectivity index (χ4v) is 2.96. The number of nitro benzene ring substituents is 1. The number of rotatable bonds is 4. The fourth-order valence-electron chi connectivity index (χ4n) is 2.16. The van der Waals surface area contributed by atoms with Gasteiger partial charge in [-0.2, -0.15) is 0 Å². The van der Waals surface area contributed by atoms with Crippen LogP contribution in [0.3, 0.4) is 0 Å². The van der Waals surface area contributed by atoms with Crippen LogP contribution < -0.4 is 0 Å². The maximum Gasteiger partial charge on any atom is 0.269 e. The molecule has 0 bridgehead atoms. The molecule has 1 heterocycles. The molecule has 1 fully saturated rings. The number of amides is 1. The predicted octanol–water partition coefficient (Wildman–Crippen LogP) is 2.95. The number of benzene rings is 1. The first-order valence-corrected chi connectivity index (χ1v) is 7.70. The Bertz CT molecular complexity index is 482. The molecule has 0 N–H and O–H groups in total. The third-order valence-electron chi connectivity index (χ3n) is 3.55. The molecule has 6 heteroatoms. The summed E-state index contributed by atoms with van der Waals surface area (Å²) in [6.45, 7) is 3.91. The lowest BCUT2D eigenvalue weighted by molar-refractivity contribution is -0.384. The van der Waals surface area contributed by atoms with Crippen LogP contribution in [0.4, 0.5) is 5.69 Å². The first kappa shape index (κ1) is 14.8. The number of nitrogens with zero attached hydrogens (tertiary/aromatic N) is 2. The van der Waals surface area contributed by atoms with Crippen molar-refractivity contribution in [2.75, 3.05) is 18.8 Å². The van der Waals surface area contributed by atoms with E-state index in [2.05, 4.69) is 6.92 Å². The Morgan fingerprint density at radius 3 is 2.50 bits per heavy atom. The monoisotopic (exact) mass is 294 g/mol. The second-order valence-electron chi connectivity index (χ2n) is 5.10. The maximum absolute atomic E-state index is 12.1. The smallest absolute Gasteiger partial charge is 0.269 e. The zero-order valence-corrected chi connectivity index (χ0v) is 12.3. The SMILES string of the molecule is CC1CCN(C(=O)CSc2ccc([N+](=O)[O-])cc2)CC1. The summed E-state index contributed by atoms with van der Waals surface area (Å²) in [4.78, 5) is 25.0. The number of likely N-dealkylation sites (tertiary alicyclic amines) is 1. The van der Waals surface area contributed by atoms with Crippen LogP contribution in [-0.4, -0.2) is 34.6 Å². The minimum atomic E-state index is -0.422. The molecule has 0 aromatic heterocycles. The van der Waals surface area contributed by atoms with E-state index in [9.17, 15) is 14.9 Å². The molecule has 0 atom stereocenters. The number of carbonyl (C=O) groups excluding carboxylic acids is 1. The fraction of sp³-hybridized carbons (Fsp3) is 0.500. The van der Waals surface area contributed by atoms with Gasteiger partial charge in [-0.1, -0.05) is 6.92 Å². The molecule has 1 aromatic rings. The first-order valence-electron chi connectivity index (χ1n) is 6.71. The van der Waals surface area contributed by atoms with Crippen molar-refractivity contribution < 1.29 is 9.72 Å². The van der Waals surface area contributed by atoms with Crippen LogP contribution in [0.15, 0.2) is 29.2 Å². The molecule has 1 aromatic carbocycles. The third-order valence-corrected chi connectivity index (χ3v) is 4.54. The van der Waals surface area contributed by atoms with Crippen LogP contribution in [0.2, 0.25) is 0 Å². The zero-order valence-electron chi connectivity index (χ0n) is 11.4. The van der Waals surface area contributed by atoms with E-state index < -0.39 is 4.92 Å². The molecular weight excluding hydrogens is 276 g/mol. The van der Waals surface area contributed by atoms with Crippen molar-refractivity contribution in [3.63, 3.8) is 0 Å². The minimum absolute atomic E-state index is 0.0747. The predicted molar refractivity (Wildman–Crippen MR) is 78.8 cm³/mol. The summed E-state index contributed by atoms with van der Waals surface area (Å²) in [7, 11) is 0. The summed E-state index contributed by atoms with van der Waals surface area (Å²) < 4.78 is 0. The summed E-state index contributed by atoms with van der Waals surface area (Å²) in [6, 6.07) is 6.31. The number of piperidine rings is 1. The van der Waals surface area contributed by atoms with E-state index in [1.807, 2.05) is 4.90 Å². The van der Waals surface area contributed by atoms with Crippen molar-refractivity contribution >= 4 is 23.4 Å². The summed E-state index contributed by atoms with van der Waals surface area (Å²) >= 11 is 1.43. The summed E-state index contributed by atoms with van der Waals surface area (Å²) in [5.74, 6) is 1.26. The standard InChI is InChI=1S/C14H18N2O3S/c1-11-6-8-15(9-7-11)14(17)10-20-13-4-2-12(3-5-13)16(18)19/h2-5,11H,6-10H2,1H3. The quantitative estimate of drug-likeness (QED) is 0.486. The van der Waals surface area contributed by atoms with Gasteiger partial charge in [0, 0.05) is 30.1 Å². The largest absolute Gasteiger partial charge is 0.342 e. The molecule has 5 nitrogen and oxygen atoms in total. The number of non-ortho nitro benzene ring substituents is 1. The van der Waals surface area contributed by atoms with E-state index in [1.165, 1.54) is 23.9 Å². The number of hydrogen-bond acceptors (Lipinski definition) is 4. The average molecular weight is 294 g/mol. The molecule has 1 saturated heterocycles. The van der Waals surface area contributed by atoms with Gasteiger partial charge in [0.1, 0.15) is 0 Å². The van der Waals surface area contributed by atoms with Crippen molar-refractivity contribution in [2.24, 2.45) is 5.92 Å². The number of thioether (sulfide) groups is 1. The lowest BCUT2D eigenvalue weighted by Gasteiger charge is -2.30. The zero-order chi connectivity index (χ0) is 14.5. The highest BCUT2D eigenvalue weighted by atomic mass is 32.2. The van der Waals surface area contributed by atoms with E-state index >= 15 is 0 Å². The van der Waals surface area contributed by atoms with Gasteiger partial charge in [0.15, 0.2) is 0 Å². The van der Waals surface area contributed by atoms with Crippen molar-refractivity contribution in [2.45, 2.75) is 24.7 Å². The Labute approximate surface area is 122 Å². The van der Waals surface area contributed by atoms with Crippen molar-refractivity contribution in [3.8, 4) is 0 Å². The molecule has 1 aliphatic rings. The molecule has 0 aliphatic carbocycles. The molecular formula is C14H18N2O3S. The normalized spacial score (nSPS) is 16.1. The van der Waals surface area contributed by atoms with E-state index in [-0.39, 0.29) is 11.6 Å². The minimum Gasteiger partial charge on any atom is -0.342 e. The Kier molecular flexibility index (Phi) is 5.00. The Morgan fingerprint density at radius 1 is 1.35 bits per heavy atom. The van der Waals surface area contributed by atoms with Crippen molar-refractivity contribution in [1.29, 1.82) is 0 Å². The Hall–Kier alpha value is -1.56. The Balaban J connectivity index is 1.82. The molecule has 20 heavy (non-hydrogen) atoms. The molecule has 0 spiro atoms. The van der Waals surface area contributed by atoms with Crippen LogP contribution in [0, 0.1) is 16.0 Å². The summed E-state index contributed by atoms with van der Waals surface area (Å²) in [6.07, 6.45) is 2.15. The second kappa shape index (κ2) is 6.74. The molecule has 0 radical (unpaired) electrons.